The number of benzene rings is 2. The number of nitrogen functional groups attached to an aromatic ring is 1. The molecular formula is C16H13BrN2O. The Balaban J connectivity index is 2.15. The standard InChI is InChI=1S/C16H13BrN2O/c1-9-6-11(18)3-4-12(9)16(20)14-8-19-15-5-2-10(17)7-13(14)15/h2-8,19H,18H2,1H3. The summed E-state index contributed by atoms with van der Waals surface area (Å²) in [7, 11) is 0. The zero-order chi connectivity index (χ0) is 14.3. The number of aromatic amines is 1. The second-order valence-electron chi connectivity index (χ2n) is 4.80. The third kappa shape index (κ3) is 2.12. The van der Waals surface area contributed by atoms with Crippen LogP contribution in [0.2, 0.25) is 0 Å². The minimum Gasteiger partial charge on any atom is -0.399 e. The summed E-state index contributed by atoms with van der Waals surface area (Å²) in [6.45, 7) is 1.90. The normalized spacial score (nSPS) is 10.9. The summed E-state index contributed by atoms with van der Waals surface area (Å²) in [6.07, 6.45) is 1.76. The van der Waals surface area contributed by atoms with Crippen LogP contribution in [0.25, 0.3) is 10.9 Å². The van der Waals surface area contributed by atoms with Crippen LogP contribution in [0.5, 0.6) is 0 Å². The molecule has 3 rings (SSSR count). The third-order valence-corrected chi connectivity index (χ3v) is 3.88. The Morgan fingerprint density at radius 2 is 1.95 bits per heavy atom. The van der Waals surface area contributed by atoms with Gasteiger partial charge in [-0.05, 0) is 48.9 Å². The first-order valence-electron chi connectivity index (χ1n) is 6.24. The summed E-state index contributed by atoms with van der Waals surface area (Å²) >= 11 is 3.44. The number of fused-ring (bicyclic) bond motifs is 1. The van der Waals surface area contributed by atoms with Crippen LogP contribution in [0, 0.1) is 6.92 Å². The van der Waals surface area contributed by atoms with Crippen molar-refractivity contribution < 1.29 is 4.79 Å². The average Bonchev–Trinajstić information content (AvgIpc) is 2.81. The van der Waals surface area contributed by atoms with E-state index in [0.717, 1.165) is 20.9 Å². The van der Waals surface area contributed by atoms with Crippen molar-refractivity contribution in [2.24, 2.45) is 0 Å². The fraction of sp³-hybridized carbons (Fsp3) is 0.0625. The van der Waals surface area contributed by atoms with Gasteiger partial charge in [-0.15, -0.1) is 0 Å². The second-order valence-corrected chi connectivity index (χ2v) is 5.71. The number of rotatable bonds is 2. The molecule has 0 aliphatic carbocycles. The zero-order valence-electron chi connectivity index (χ0n) is 10.9. The lowest BCUT2D eigenvalue weighted by molar-refractivity contribution is 0.104. The quantitative estimate of drug-likeness (QED) is 0.550. The van der Waals surface area contributed by atoms with Crippen molar-refractivity contribution in [3.63, 3.8) is 0 Å². The van der Waals surface area contributed by atoms with Gasteiger partial charge in [0.05, 0.1) is 0 Å². The molecule has 100 valence electrons. The van der Waals surface area contributed by atoms with Gasteiger partial charge in [0.1, 0.15) is 0 Å². The molecule has 0 aliphatic rings. The molecule has 0 unspecified atom stereocenters. The lowest BCUT2D eigenvalue weighted by atomic mass is 9.98. The predicted molar refractivity (Wildman–Crippen MR) is 85.0 cm³/mol. The topological polar surface area (TPSA) is 58.9 Å². The fourth-order valence-electron chi connectivity index (χ4n) is 2.37. The Labute approximate surface area is 124 Å². The fourth-order valence-corrected chi connectivity index (χ4v) is 2.73. The van der Waals surface area contributed by atoms with Crippen LogP contribution in [-0.4, -0.2) is 10.8 Å². The summed E-state index contributed by atoms with van der Waals surface area (Å²) in [5.74, 6) is 0.00634. The number of ketones is 1. The number of carbonyl (C=O) groups is 1. The van der Waals surface area contributed by atoms with E-state index in [2.05, 4.69) is 20.9 Å². The van der Waals surface area contributed by atoms with Gasteiger partial charge in [-0.3, -0.25) is 4.79 Å². The summed E-state index contributed by atoms with van der Waals surface area (Å²) in [4.78, 5) is 15.8. The van der Waals surface area contributed by atoms with Gasteiger partial charge in [-0.1, -0.05) is 15.9 Å². The molecule has 3 N–H and O–H groups in total. The van der Waals surface area contributed by atoms with Crippen molar-refractivity contribution in [1.82, 2.24) is 4.98 Å². The number of aryl methyl sites for hydroxylation is 1. The summed E-state index contributed by atoms with van der Waals surface area (Å²) < 4.78 is 0.952. The molecule has 0 radical (unpaired) electrons. The van der Waals surface area contributed by atoms with Crippen molar-refractivity contribution in [2.75, 3.05) is 5.73 Å². The van der Waals surface area contributed by atoms with Gasteiger partial charge in [0.25, 0.3) is 0 Å². The zero-order valence-corrected chi connectivity index (χ0v) is 12.5. The van der Waals surface area contributed by atoms with Gasteiger partial charge in [0, 0.05) is 38.4 Å². The molecule has 0 saturated heterocycles. The van der Waals surface area contributed by atoms with E-state index in [-0.39, 0.29) is 5.78 Å². The first-order chi connectivity index (χ1) is 9.56. The smallest absolute Gasteiger partial charge is 0.195 e. The van der Waals surface area contributed by atoms with Crippen molar-refractivity contribution in [2.45, 2.75) is 6.92 Å². The van der Waals surface area contributed by atoms with Crippen LogP contribution in [0.4, 0.5) is 5.69 Å². The highest BCUT2D eigenvalue weighted by Gasteiger charge is 2.16. The molecule has 0 atom stereocenters. The van der Waals surface area contributed by atoms with Gasteiger partial charge >= 0.3 is 0 Å². The Morgan fingerprint density at radius 3 is 2.70 bits per heavy atom. The molecule has 2 aromatic carbocycles. The second kappa shape index (κ2) is 4.80. The molecule has 1 aromatic heterocycles. The van der Waals surface area contributed by atoms with Crippen LogP contribution in [-0.2, 0) is 0 Å². The summed E-state index contributed by atoms with van der Waals surface area (Å²) in [6, 6.07) is 11.2. The van der Waals surface area contributed by atoms with Crippen LogP contribution in [0.3, 0.4) is 0 Å². The number of aromatic nitrogens is 1. The Morgan fingerprint density at radius 1 is 1.15 bits per heavy atom. The number of H-pyrrole nitrogens is 1. The largest absolute Gasteiger partial charge is 0.399 e. The van der Waals surface area contributed by atoms with Gasteiger partial charge in [-0.2, -0.15) is 0 Å². The van der Waals surface area contributed by atoms with E-state index in [1.807, 2.05) is 31.2 Å². The predicted octanol–water partition coefficient (Wildman–Crippen LogP) is 4.05. The number of nitrogens with one attached hydrogen (secondary N) is 1. The van der Waals surface area contributed by atoms with Gasteiger partial charge in [0.2, 0.25) is 0 Å². The first kappa shape index (κ1) is 12.9. The van der Waals surface area contributed by atoms with Crippen LogP contribution >= 0.6 is 15.9 Å². The first-order valence-corrected chi connectivity index (χ1v) is 7.03. The van der Waals surface area contributed by atoms with Crippen LogP contribution < -0.4 is 5.73 Å². The van der Waals surface area contributed by atoms with E-state index in [4.69, 9.17) is 5.73 Å². The molecule has 1 heterocycles. The highest BCUT2D eigenvalue weighted by atomic mass is 79.9. The van der Waals surface area contributed by atoms with E-state index >= 15 is 0 Å². The van der Waals surface area contributed by atoms with Gasteiger partial charge in [-0.25, -0.2) is 0 Å². The van der Waals surface area contributed by atoms with E-state index in [1.54, 1.807) is 18.3 Å². The summed E-state index contributed by atoms with van der Waals surface area (Å²) in [5.41, 5.74) is 9.59. The van der Waals surface area contributed by atoms with Crippen LogP contribution in [0.1, 0.15) is 21.5 Å². The number of hydrogen-bond acceptors (Lipinski definition) is 2. The highest BCUT2D eigenvalue weighted by molar-refractivity contribution is 9.10. The molecule has 0 amide bonds. The minimum absolute atomic E-state index is 0.00634. The molecule has 3 aromatic rings. The van der Waals surface area contributed by atoms with Gasteiger partial charge < -0.3 is 10.7 Å². The number of hydrogen-bond donors (Lipinski definition) is 2. The van der Waals surface area contributed by atoms with E-state index in [0.29, 0.717) is 16.8 Å². The Bertz CT molecular complexity index is 820. The molecule has 4 heteroatoms. The minimum atomic E-state index is 0.00634. The maximum Gasteiger partial charge on any atom is 0.195 e. The third-order valence-electron chi connectivity index (χ3n) is 3.38. The average molecular weight is 329 g/mol. The SMILES string of the molecule is Cc1cc(N)ccc1C(=O)c1c[nH]c2ccc(Br)cc12. The monoisotopic (exact) mass is 328 g/mol. The van der Waals surface area contributed by atoms with E-state index < -0.39 is 0 Å². The van der Waals surface area contributed by atoms with Crippen molar-refractivity contribution in [1.29, 1.82) is 0 Å². The van der Waals surface area contributed by atoms with Gasteiger partial charge in [0.15, 0.2) is 5.78 Å². The summed E-state index contributed by atoms with van der Waals surface area (Å²) in [5, 5.41) is 0.917. The molecule has 0 saturated carbocycles. The Kier molecular flexibility index (Phi) is 3.10. The molecule has 0 bridgehead atoms. The number of anilines is 1. The van der Waals surface area contributed by atoms with Crippen molar-refractivity contribution in [3.8, 4) is 0 Å². The Hall–Kier alpha value is -2.07. The molecule has 0 fully saturated rings. The molecule has 0 aliphatic heterocycles. The molecule has 20 heavy (non-hydrogen) atoms. The van der Waals surface area contributed by atoms with E-state index in [9.17, 15) is 4.79 Å². The van der Waals surface area contributed by atoms with Crippen molar-refractivity contribution >= 4 is 38.3 Å². The number of halogens is 1. The maximum atomic E-state index is 12.7. The molecule has 3 nitrogen and oxygen atoms in total. The van der Waals surface area contributed by atoms with Crippen molar-refractivity contribution in [3.05, 3.63) is 63.8 Å². The maximum absolute atomic E-state index is 12.7. The van der Waals surface area contributed by atoms with E-state index in [1.165, 1.54) is 0 Å². The number of nitrogens with two attached hydrogens (primary N) is 1. The lowest BCUT2D eigenvalue weighted by Gasteiger charge is -2.05. The molecule has 0 spiro atoms. The molecular weight excluding hydrogens is 316 g/mol. The van der Waals surface area contributed by atoms with Crippen LogP contribution in [0.15, 0.2) is 47.1 Å². The highest BCUT2D eigenvalue weighted by Crippen LogP contribution is 2.26. The lowest BCUT2D eigenvalue weighted by Crippen LogP contribution is -2.03. The number of carbonyl (C=O) groups excluding carboxylic acids is 1.